The summed E-state index contributed by atoms with van der Waals surface area (Å²) in [6, 6.07) is 5.48. The number of carboxylic acid groups (broad SMARTS) is 1. The minimum atomic E-state index is -1.73. The fraction of sp³-hybridized carbons (Fsp3) is 0.250. The van der Waals surface area contributed by atoms with E-state index < -0.39 is 40.6 Å². The quantitative estimate of drug-likeness (QED) is 0.586. The molecule has 2 aromatic carbocycles. The van der Waals surface area contributed by atoms with Crippen molar-refractivity contribution in [1.82, 2.24) is 16.0 Å². The van der Waals surface area contributed by atoms with Gasteiger partial charge in [0.2, 0.25) is 0 Å². The molecule has 0 aromatic heterocycles. The van der Waals surface area contributed by atoms with Gasteiger partial charge in [0.25, 0.3) is 5.91 Å². The predicted octanol–water partition coefficient (Wildman–Crippen LogP) is 1.73. The molecule has 148 valence electrons. The average Bonchev–Trinajstić information content (AvgIpc) is 3.33. The molecule has 1 atom stereocenters. The lowest BCUT2D eigenvalue weighted by Gasteiger charge is -2.23. The molecule has 0 bridgehead atoms. The fourth-order valence-corrected chi connectivity index (χ4v) is 4.30. The van der Waals surface area contributed by atoms with Crippen molar-refractivity contribution in [2.75, 3.05) is 0 Å². The molecule has 2 aliphatic carbocycles. The van der Waals surface area contributed by atoms with Crippen LogP contribution in [0.5, 0.6) is 0 Å². The number of hydrogen-bond acceptors (Lipinski definition) is 4. The fourth-order valence-electron chi connectivity index (χ4n) is 4.30. The summed E-state index contributed by atoms with van der Waals surface area (Å²) in [4.78, 5) is 36.1. The highest BCUT2D eigenvalue weighted by molar-refractivity contribution is 6.13. The lowest BCUT2D eigenvalue weighted by Crippen LogP contribution is -2.43. The summed E-state index contributed by atoms with van der Waals surface area (Å²) < 4.78 is 28.5. The van der Waals surface area contributed by atoms with Crippen molar-refractivity contribution in [3.05, 3.63) is 58.7 Å². The molecular formula is C20H15F2N3O4. The van der Waals surface area contributed by atoms with Crippen LogP contribution in [-0.2, 0) is 21.7 Å². The number of amides is 3. The van der Waals surface area contributed by atoms with Crippen molar-refractivity contribution in [3.63, 3.8) is 0 Å². The maximum Gasteiger partial charge on any atom is 0.323 e. The van der Waals surface area contributed by atoms with Crippen LogP contribution in [-0.4, -0.2) is 28.6 Å². The first-order valence-electron chi connectivity index (χ1n) is 9.02. The molecular weight excluding hydrogens is 384 g/mol. The molecule has 1 aliphatic heterocycles. The molecule has 4 N–H and O–H groups in total. The van der Waals surface area contributed by atoms with Gasteiger partial charge in [0.1, 0.15) is 17.2 Å². The van der Waals surface area contributed by atoms with E-state index in [1.807, 2.05) is 0 Å². The van der Waals surface area contributed by atoms with Gasteiger partial charge in [0.15, 0.2) is 5.54 Å². The second-order valence-electron chi connectivity index (χ2n) is 7.58. The Bertz CT molecular complexity index is 1130. The first kappa shape index (κ1) is 17.7. The highest BCUT2D eigenvalue weighted by Crippen LogP contribution is 2.51. The number of hydrogen-bond donors (Lipinski definition) is 4. The first-order chi connectivity index (χ1) is 13.8. The van der Waals surface area contributed by atoms with Crippen molar-refractivity contribution in [2.24, 2.45) is 0 Å². The number of urea groups is 1. The van der Waals surface area contributed by atoms with E-state index in [-0.39, 0.29) is 17.7 Å². The molecule has 1 saturated carbocycles. The zero-order chi connectivity index (χ0) is 20.6. The smallest absolute Gasteiger partial charge is 0.323 e. The highest BCUT2D eigenvalue weighted by Gasteiger charge is 2.56. The number of fused-ring (bicyclic) bond motifs is 5. The summed E-state index contributed by atoms with van der Waals surface area (Å²) in [5.74, 6) is -2.95. The van der Waals surface area contributed by atoms with Crippen LogP contribution in [0.4, 0.5) is 13.6 Å². The van der Waals surface area contributed by atoms with E-state index >= 15 is 0 Å². The number of carbonyl (C=O) groups is 3. The van der Waals surface area contributed by atoms with E-state index in [4.69, 9.17) is 0 Å². The van der Waals surface area contributed by atoms with Gasteiger partial charge in [-0.15, -0.1) is 0 Å². The van der Waals surface area contributed by atoms with Crippen LogP contribution in [0.2, 0.25) is 0 Å². The molecule has 9 heteroatoms. The van der Waals surface area contributed by atoms with Gasteiger partial charge in [0, 0.05) is 17.7 Å². The van der Waals surface area contributed by atoms with Crippen molar-refractivity contribution >= 4 is 17.9 Å². The Kier molecular flexibility index (Phi) is 3.43. The van der Waals surface area contributed by atoms with Gasteiger partial charge >= 0.3 is 12.0 Å². The maximum atomic E-state index is 14.5. The van der Waals surface area contributed by atoms with Crippen LogP contribution in [0.1, 0.15) is 29.5 Å². The molecule has 1 saturated heterocycles. The zero-order valence-corrected chi connectivity index (χ0v) is 14.9. The summed E-state index contributed by atoms with van der Waals surface area (Å²) in [6.45, 7) is 0.0366. The topological polar surface area (TPSA) is 108 Å². The van der Waals surface area contributed by atoms with E-state index in [1.54, 1.807) is 0 Å². The number of carboxylic acids is 1. The van der Waals surface area contributed by atoms with Crippen molar-refractivity contribution in [2.45, 2.75) is 30.5 Å². The van der Waals surface area contributed by atoms with Gasteiger partial charge in [-0.2, -0.15) is 0 Å². The molecule has 2 fully saturated rings. The van der Waals surface area contributed by atoms with Gasteiger partial charge in [-0.1, -0.05) is 6.07 Å². The Hall–Kier alpha value is -3.33. The third-order valence-corrected chi connectivity index (χ3v) is 5.89. The van der Waals surface area contributed by atoms with Crippen LogP contribution >= 0.6 is 0 Å². The number of nitrogens with one attached hydrogen (secondary N) is 3. The summed E-state index contributed by atoms with van der Waals surface area (Å²) >= 11 is 0. The zero-order valence-electron chi connectivity index (χ0n) is 14.9. The maximum absolute atomic E-state index is 14.5. The SMILES string of the molecule is O=C1NC(=O)C2(N1)c1cc(F)ccc1-c1c(CNC3(C(=O)O)CC3)cc(F)cc12. The Morgan fingerprint density at radius 2 is 1.83 bits per heavy atom. The second-order valence-corrected chi connectivity index (χ2v) is 7.58. The third kappa shape index (κ3) is 2.34. The van der Waals surface area contributed by atoms with E-state index in [1.165, 1.54) is 18.2 Å². The van der Waals surface area contributed by atoms with Gasteiger partial charge < -0.3 is 10.4 Å². The molecule has 5 rings (SSSR count). The lowest BCUT2D eigenvalue weighted by molar-refractivity contribution is -0.140. The van der Waals surface area contributed by atoms with Gasteiger partial charge in [-0.05, 0) is 53.8 Å². The molecule has 0 radical (unpaired) electrons. The van der Waals surface area contributed by atoms with E-state index in [9.17, 15) is 28.3 Å². The van der Waals surface area contributed by atoms with Gasteiger partial charge in [-0.25, -0.2) is 13.6 Å². The molecule has 3 amide bonds. The Morgan fingerprint density at radius 1 is 1.10 bits per heavy atom. The van der Waals surface area contributed by atoms with Crippen molar-refractivity contribution in [3.8, 4) is 11.1 Å². The number of benzene rings is 2. The summed E-state index contributed by atoms with van der Waals surface area (Å²) in [5, 5.41) is 17.0. The lowest BCUT2D eigenvalue weighted by atomic mass is 9.87. The van der Waals surface area contributed by atoms with E-state index in [0.29, 0.717) is 29.5 Å². The number of carbonyl (C=O) groups excluding carboxylic acids is 2. The molecule has 1 heterocycles. The Labute approximate surface area is 163 Å². The van der Waals surface area contributed by atoms with Crippen LogP contribution < -0.4 is 16.0 Å². The number of imide groups is 1. The largest absolute Gasteiger partial charge is 0.480 e. The highest BCUT2D eigenvalue weighted by atomic mass is 19.1. The number of rotatable bonds is 4. The second kappa shape index (κ2) is 5.60. The molecule has 2 aromatic rings. The molecule has 1 spiro atoms. The summed E-state index contributed by atoms with van der Waals surface area (Å²) in [7, 11) is 0. The van der Waals surface area contributed by atoms with Crippen LogP contribution in [0.15, 0.2) is 30.3 Å². The molecule has 29 heavy (non-hydrogen) atoms. The standard InChI is InChI=1S/C20H15F2N3O4/c21-10-1-2-12-13(6-10)20(16(26)24-18(29)25-20)14-7-11(22)5-9(15(12)14)8-23-19(3-4-19)17(27)28/h1-2,5-7,23H,3-4,8H2,(H,27,28)(H2,24,25,26,29). The average molecular weight is 399 g/mol. The van der Waals surface area contributed by atoms with Crippen LogP contribution in [0.25, 0.3) is 11.1 Å². The minimum Gasteiger partial charge on any atom is -0.480 e. The normalized spacial score (nSPS) is 22.8. The molecule has 3 aliphatic rings. The van der Waals surface area contributed by atoms with E-state index in [0.717, 1.165) is 12.1 Å². The van der Waals surface area contributed by atoms with Gasteiger partial charge in [0.05, 0.1) is 0 Å². The van der Waals surface area contributed by atoms with E-state index in [2.05, 4.69) is 16.0 Å². The Morgan fingerprint density at radius 3 is 2.45 bits per heavy atom. The summed E-state index contributed by atoms with van der Waals surface area (Å²) in [5.41, 5.74) is -0.986. The number of aliphatic carboxylic acids is 1. The number of halogens is 2. The van der Waals surface area contributed by atoms with Crippen LogP contribution in [0, 0.1) is 11.6 Å². The monoisotopic (exact) mass is 399 g/mol. The first-order valence-corrected chi connectivity index (χ1v) is 9.02. The van der Waals surface area contributed by atoms with Gasteiger partial charge in [-0.3, -0.25) is 20.2 Å². The summed E-state index contributed by atoms with van der Waals surface area (Å²) in [6.07, 6.45) is 0.925. The molecule has 7 nitrogen and oxygen atoms in total. The predicted molar refractivity (Wildman–Crippen MR) is 95.7 cm³/mol. The minimum absolute atomic E-state index is 0.0366. The Balaban J connectivity index is 1.70. The van der Waals surface area contributed by atoms with Crippen molar-refractivity contribution in [1.29, 1.82) is 0 Å². The van der Waals surface area contributed by atoms with Crippen LogP contribution in [0.3, 0.4) is 0 Å². The third-order valence-electron chi connectivity index (χ3n) is 5.89. The molecule has 1 unspecified atom stereocenters. The van der Waals surface area contributed by atoms with Crippen molar-refractivity contribution < 1.29 is 28.3 Å².